The van der Waals surface area contributed by atoms with E-state index in [2.05, 4.69) is 29.6 Å². The second-order valence-corrected chi connectivity index (χ2v) is 5.44. The van der Waals surface area contributed by atoms with Crippen molar-refractivity contribution in [2.45, 2.75) is 31.4 Å². The number of benzene rings is 2. The summed E-state index contributed by atoms with van der Waals surface area (Å²) < 4.78 is 0. The third-order valence-electron chi connectivity index (χ3n) is 3.95. The Bertz CT molecular complexity index is 468. The van der Waals surface area contributed by atoms with E-state index in [0.717, 1.165) is 11.1 Å². The van der Waals surface area contributed by atoms with Gasteiger partial charge in [-0.3, -0.25) is 0 Å². The van der Waals surface area contributed by atoms with Crippen LogP contribution in [0.4, 0.5) is 0 Å². The Labute approximate surface area is 121 Å². The van der Waals surface area contributed by atoms with Crippen molar-refractivity contribution in [3.63, 3.8) is 0 Å². The minimum absolute atomic E-state index is 0.0166. The molecule has 0 fully saturated rings. The number of nitrogens with one attached hydrogen (secondary N) is 1. The lowest BCUT2D eigenvalue weighted by atomic mass is 9.82. The molecule has 0 saturated carbocycles. The molecule has 0 bridgehead atoms. The molecule has 0 aliphatic carbocycles. The Morgan fingerprint density at radius 3 is 1.65 bits per heavy atom. The lowest BCUT2D eigenvalue weighted by Crippen LogP contribution is -2.51. The minimum atomic E-state index is -0.794. The van der Waals surface area contributed by atoms with Crippen LogP contribution in [0.5, 0.6) is 0 Å². The monoisotopic (exact) mass is 269 g/mol. The molecule has 0 aliphatic rings. The van der Waals surface area contributed by atoms with Crippen molar-refractivity contribution in [1.82, 2.24) is 5.32 Å². The van der Waals surface area contributed by atoms with E-state index in [4.69, 9.17) is 0 Å². The highest BCUT2D eigenvalue weighted by Crippen LogP contribution is 2.23. The summed E-state index contributed by atoms with van der Waals surface area (Å²) in [6, 6.07) is 20.4. The standard InChI is InChI=1S/C18H23NO/c1-15(19-2)18(20,13-16-9-5-3-6-10-16)14-17-11-7-4-8-12-17/h3-12,15,19-20H,13-14H2,1-2H3. The first kappa shape index (κ1) is 14.8. The normalized spacial score (nSPS) is 13.2. The van der Waals surface area contributed by atoms with Crippen molar-refractivity contribution in [2.75, 3.05) is 7.05 Å². The Hall–Kier alpha value is -1.64. The summed E-state index contributed by atoms with van der Waals surface area (Å²) in [5.41, 5.74) is 1.53. The predicted octanol–water partition coefficient (Wildman–Crippen LogP) is 2.81. The molecule has 2 aromatic carbocycles. The number of aliphatic hydroxyl groups is 1. The molecular weight excluding hydrogens is 246 g/mol. The van der Waals surface area contributed by atoms with E-state index in [1.165, 1.54) is 0 Å². The lowest BCUT2D eigenvalue weighted by Gasteiger charge is -2.34. The molecular formula is C18H23NO. The summed E-state index contributed by atoms with van der Waals surface area (Å²) in [5.74, 6) is 0. The number of hydrogen-bond acceptors (Lipinski definition) is 2. The third kappa shape index (κ3) is 3.69. The van der Waals surface area contributed by atoms with Crippen molar-refractivity contribution in [1.29, 1.82) is 0 Å². The van der Waals surface area contributed by atoms with Gasteiger partial charge in [0.2, 0.25) is 0 Å². The maximum Gasteiger partial charge on any atom is 0.0877 e. The molecule has 2 aromatic rings. The summed E-state index contributed by atoms with van der Waals surface area (Å²) >= 11 is 0. The first-order chi connectivity index (χ1) is 9.64. The minimum Gasteiger partial charge on any atom is -0.388 e. The van der Waals surface area contributed by atoms with Gasteiger partial charge in [0.05, 0.1) is 5.60 Å². The Balaban J connectivity index is 2.21. The van der Waals surface area contributed by atoms with E-state index in [1.807, 2.05) is 50.4 Å². The van der Waals surface area contributed by atoms with Crippen molar-refractivity contribution in [3.05, 3.63) is 71.8 Å². The Morgan fingerprint density at radius 2 is 1.30 bits per heavy atom. The van der Waals surface area contributed by atoms with Gasteiger partial charge in [-0.2, -0.15) is 0 Å². The average Bonchev–Trinajstić information content (AvgIpc) is 2.48. The van der Waals surface area contributed by atoms with Crippen molar-refractivity contribution >= 4 is 0 Å². The Kier molecular flexibility index (Phi) is 4.94. The van der Waals surface area contributed by atoms with Crippen LogP contribution in [-0.4, -0.2) is 23.8 Å². The van der Waals surface area contributed by atoms with Gasteiger partial charge in [-0.05, 0) is 25.1 Å². The van der Waals surface area contributed by atoms with Gasteiger partial charge in [0, 0.05) is 18.9 Å². The van der Waals surface area contributed by atoms with Crippen LogP contribution in [0.15, 0.2) is 60.7 Å². The molecule has 1 unspecified atom stereocenters. The van der Waals surface area contributed by atoms with Crippen LogP contribution in [0, 0.1) is 0 Å². The van der Waals surface area contributed by atoms with Gasteiger partial charge in [-0.25, -0.2) is 0 Å². The largest absolute Gasteiger partial charge is 0.388 e. The van der Waals surface area contributed by atoms with E-state index >= 15 is 0 Å². The van der Waals surface area contributed by atoms with Gasteiger partial charge in [0.15, 0.2) is 0 Å². The lowest BCUT2D eigenvalue weighted by molar-refractivity contribution is 0.0101. The van der Waals surface area contributed by atoms with Crippen LogP contribution in [0.3, 0.4) is 0 Å². The van der Waals surface area contributed by atoms with Crippen LogP contribution in [-0.2, 0) is 12.8 Å². The van der Waals surface area contributed by atoms with Gasteiger partial charge < -0.3 is 10.4 Å². The van der Waals surface area contributed by atoms with Crippen LogP contribution >= 0.6 is 0 Å². The molecule has 2 nitrogen and oxygen atoms in total. The summed E-state index contributed by atoms with van der Waals surface area (Å²) in [4.78, 5) is 0. The number of rotatable bonds is 6. The van der Waals surface area contributed by atoms with Gasteiger partial charge in [0.25, 0.3) is 0 Å². The fourth-order valence-electron chi connectivity index (χ4n) is 2.54. The van der Waals surface area contributed by atoms with Gasteiger partial charge in [-0.1, -0.05) is 60.7 Å². The SMILES string of the molecule is CNC(C)C(O)(Cc1ccccc1)Cc1ccccc1. The molecule has 2 rings (SSSR count). The molecule has 0 aromatic heterocycles. The molecule has 0 spiro atoms. The van der Waals surface area contributed by atoms with Crippen LogP contribution in [0.25, 0.3) is 0 Å². The fourth-order valence-corrected chi connectivity index (χ4v) is 2.54. The summed E-state index contributed by atoms with van der Waals surface area (Å²) in [5, 5.41) is 14.3. The molecule has 0 heterocycles. The van der Waals surface area contributed by atoms with Crippen molar-refractivity contribution in [2.24, 2.45) is 0 Å². The summed E-state index contributed by atoms with van der Waals surface area (Å²) in [7, 11) is 1.89. The van der Waals surface area contributed by atoms with Crippen LogP contribution in [0.1, 0.15) is 18.1 Å². The smallest absolute Gasteiger partial charge is 0.0877 e. The zero-order chi connectivity index (χ0) is 14.4. The third-order valence-corrected chi connectivity index (χ3v) is 3.95. The zero-order valence-corrected chi connectivity index (χ0v) is 12.2. The second-order valence-electron chi connectivity index (χ2n) is 5.44. The van der Waals surface area contributed by atoms with Crippen LogP contribution in [0.2, 0.25) is 0 Å². The van der Waals surface area contributed by atoms with E-state index in [-0.39, 0.29) is 6.04 Å². The molecule has 0 aliphatic heterocycles. The molecule has 2 heteroatoms. The molecule has 20 heavy (non-hydrogen) atoms. The number of hydrogen-bond donors (Lipinski definition) is 2. The molecule has 0 amide bonds. The highest BCUT2D eigenvalue weighted by molar-refractivity contribution is 5.22. The molecule has 0 saturated heterocycles. The first-order valence-corrected chi connectivity index (χ1v) is 7.11. The van der Waals surface area contributed by atoms with E-state index in [0.29, 0.717) is 12.8 Å². The highest BCUT2D eigenvalue weighted by atomic mass is 16.3. The Morgan fingerprint density at radius 1 is 0.900 bits per heavy atom. The van der Waals surface area contributed by atoms with E-state index < -0.39 is 5.60 Å². The van der Waals surface area contributed by atoms with Crippen molar-refractivity contribution < 1.29 is 5.11 Å². The van der Waals surface area contributed by atoms with Gasteiger partial charge >= 0.3 is 0 Å². The zero-order valence-electron chi connectivity index (χ0n) is 12.2. The maximum atomic E-state index is 11.1. The topological polar surface area (TPSA) is 32.3 Å². The average molecular weight is 269 g/mol. The molecule has 106 valence electrons. The van der Waals surface area contributed by atoms with E-state index in [1.54, 1.807) is 0 Å². The van der Waals surface area contributed by atoms with Crippen molar-refractivity contribution in [3.8, 4) is 0 Å². The quantitative estimate of drug-likeness (QED) is 0.845. The first-order valence-electron chi connectivity index (χ1n) is 7.11. The molecule has 0 radical (unpaired) electrons. The molecule has 1 atom stereocenters. The molecule has 2 N–H and O–H groups in total. The summed E-state index contributed by atoms with van der Waals surface area (Å²) in [6.07, 6.45) is 1.29. The maximum absolute atomic E-state index is 11.1. The number of likely N-dealkylation sites (N-methyl/N-ethyl adjacent to an activating group) is 1. The van der Waals surface area contributed by atoms with Gasteiger partial charge in [0.1, 0.15) is 0 Å². The van der Waals surface area contributed by atoms with Gasteiger partial charge in [-0.15, -0.1) is 0 Å². The predicted molar refractivity (Wildman–Crippen MR) is 83.8 cm³/mol. The summed E-state index contributed by atoms with van der Waals surface area (Å²) in [6.45, 7) is 2.03. The fraction of sp³-hybridized carbons (Fsp3) is 0.333. The van der Waals surface area contributed by atoms with Crippen LogP contribution < -0.4 is 5.32 Å². The highest BCUT2D eigenvalue weighted by Gasteiger charge is 2.33. The second kappa shape index (κ2) is 6.69. The van der Waals surface area contributed by atoms with E-state index in [9.17, 15) is 5.11 Å².